The van der Waals surface area contributed by atoms with Crippen LogP contribution in [0.3, 0.4) is 0 Å². The lowest BCUT2D eigenvalue weighted by Crippen LogP contribution is -2.38. The molecule has 2 rings (SSSR count). The molecule has 0 saturated heterocycles. The molecular formula is C12H13NO5. The molecule has 0 saturated carbocycles. The quantitative estimate of drug-likeness (QED) is 0.792. The van der Waals surface area contributed by atoms with E-state index in [1.54, 1.807) is 13.0 Å². The molecular weight excluding hydrogens is 238 g/mol. The van der Waals surface area contributed by atoms with E-state index in [1.165, 1.54) is 17.0 Å². The summed E-state index contributed by atoms with van der Waals surface area (Å²) in [7, 11) is 0. The fourth-order valence-electron chi connectivity index (χ4n) is 1.85. The number of aromatic carboxylic acids is 1. The van der Waals surface area contributed by atoms with Crippen LogP contribution in [-0.4, -0.2) is 39.8 Å². The maximum absolute atomic E-state index is 11.1. The number of carbonyl (C=O) groups is 2. The van der Waals surface area contributed by atoms with Crippen LogP contribution in [0.4, 0.5) is 4.79 Å². The van der Waals surface area contributed by atoms with Crippen LogP contribution < -0.4 is 4.74 Å². The fourth-order valence-corrected chi connectivity index (χ4v) is 1.85. The molecule has 0 aliphatic carbocycles. The van der Waals surface area contributed by atoms with Crippen molar-refractivity contribution in [1.82, 2.24) is 4.90 Å². The highest BCUT2D eigenvalue weighted by Gasteiger charge is 2.25. The third-order valence-electron chi connectivity index (χ3n) is 2.91. The van der Waals surface area contributed by atoms with Crippen LogP contribution in [0.1, 0.15) is 22.8 Å². The molecule has 2 N–H and O–H groups in total. The summed E-state index contributed by atoms with van der Waals surface area (Å²) in [5, 5.41) is 18.0. The molecule has 0 radical (unpaired) electrons. The van der Waals surface area contributed by atoms with Crippen molar-refractivity contribution in [2.75, 3.05) is 6.61 Å². The van der Waals surface area contributed by atoms with Gasteiger partial charge in [-0.15, -0.1) is 0 Å². The van der Waals surface area contributed by atoms with Gasteiger partial charge in [0.25, 0.3) is 0 Å². The summed E-state index contributed by atoms with van der Waals surface area (Å²) < 4.78 is 5.46. The first-order valence-electron chi connectivity index (χ1n) is 5.47. The van der Waals surface area contributed by atoms with Crippen LogP contribution >= 0.6 is 0 Å². The molecule has 6 nitrogen and oxygen atoms in total. The number of benzene rings is 1. The second-order valence-electron chi connectivity index (χ2n) is 4.20. The van der Waals surface area contributed by atoms with E-state index in [0.717, 1.165) is 0 Å². The first-order chi connectivity index (χ1) is 8.49. The molecule has 1 aliphatic heterocycles. The van der Waals surface area contributed by atoms with Crippen LogP contribution in [0, 0.1) is 0 Å². The van der Waals surface area contributed by atoms with Crippen molar-refractivity contribution < 1.29 is 24.5 Å². The zero-order chi connectivity index (χ0) is 13.3. The summed E-state index contributed by atoms with van der Waals surface area (Å²) >= 11 is 0. The van der Waals surface area contributed by atoms with Gasteiger partial charge in [-0.25, -0.2) is 9.59 Å². The standard InChI is InChI=1S/C12H13NO5/c1-7-6-18-10-4-8(11(14)15)2-3-9(10)5-13(7)12(16)17/h2-4,7H,5-6H2,1H3,(H,14,15)(H,16,17)/t7-/m0/s1. The van der Waals surface area contributed by atoms with Gasteiger partial charge in [0, 0.05) is 5.56 Å². The van der Waals surface area contributed by atoms with Gasteiger partial charge < -0.3 is 14.9 Å². The van der Waals surface area contributed by atoms with Crippen molar-refractivity contribution in [3.63, 3.8) is 0 Å². The Morgan fingerprint density at radius 3 is 2.72 bits per heavy atom. The van der Waals surface area contributed by atoms with Gasteiger partial charge in [-0.3, -0.25) is 4.90 Å². The van der Waals surface area contributed by atoms with E-state index >= 15 is 0 Å². The highest BCUT2D eigenvalue weighted by Crippen LogP contribution is 2.26. The third kappa shape index (κ3) is 2.22. The molecule has 0 bridgehead atoms. The summed E-state index contributed by atoms with van der Waals surface area (Å²) in [6, 6.07) is 4.19. The van der Waals surface area contributed by atoms with E-state index in [2.05, 4.69) is 0 Å². The normalized spacial score (nSPS) is 18.5. The van der Waals surface area contributed by atoms with Gasteiger partial charge in [-0.2, -0.15) is 0 Å². The van der Waals surface area contributed by atoms with E-state index in [4.69, 9.17) is 14.9 Å². The molecule has 18 heavy (non-hydrogen) atoms. The van der Waals surface area contributed by atoms with Gasteiger partial charge in [0.1, 0.15) is 12.4 Å². The highest BCUT2D eigenvalue weighted by molar-refractivity contribution is 5.88. The number of carboxylic acids is 1. The molecule has 1 amide bonds. The number of ether oxygens (including phenoxy) is 1. The summed E-state index contributed by atoms with van der Waals surface area (Å²) in [4.78, 5) is 23.2. The van der Waals surface area contributed by atoms with Crippen LogP contribution in [0.15, 0.2) is 18.2 Å². The lowest BCUT2D eigenvalue weighted by atomic mass is 10.1. The molecule has 6 heteroatoms. The van der Waals surface area contributed by atoms with Crippen molar-refractivity contribution in [2.45, 2.75) is 19.5 Å². The van der Waals surface area contributed by atoms with Gasteiger partial charge in [-0.05, 0) is 19.1 Å². The second kappa shape index (κ2) is 4.56. The summed E-state index contributed by atoms with van der Waals surface area (Å²) in [5.74, 6) is -0.598. The van der Waals surface area contributed by atoms with Gasteiger partial charge in [0.15, 0.2) is 0 Å². The predicted molar refractivity (Wildman–Crippen MR) is 61.9 cm³/mol. The minimum absolute atomic E-state index is 0.130. The lowest BCUT2D eigenvalue weighted by molar-refractivity contribution is 0.0696. The predicted octanol–water partition coefficient (Wildman–Crippen LogP) is 1.65. The topological polar surface area (TPSA) is 87.1 Å². The number of amides is 1. The minimum Gasteiger partial charge on any atom is -0.491 e. The summed E-state index contributed by atoms with van der Waals surface area (Å²) in [6.07, 6.45) is -1.01. The first kappa shape index (κ1) is 12.2. The number of carboxylic acid groups (broad SMARTS) is 2. The zero-order valence-electron chi connectivity index (χ0n) is 9.79. The second-order valence-corrected chi connectivity index (χ2v) is 4.20. The minimum atomic E-state index is -1.03. The average Bonchev–Trinajstić information content (AvgIpc) is 2.48. The van der Waals surface area contributed by atoms with E-state index in [1.807, 2.05) is 0 Å². The molecule has 1 heterocycles. The number of nitrogens with zero attached hydrogens (tertiary/aromatic N) is 1. The fraction of sp³-hybridized carbons (Fsp3) is 0.333. The Morgan fingerprint density at radius 1 is 1.39 bits per heavy atom. The number of hydrogen-bond donors (Lipinski definition) is 2. The molecule has 1 aromatic carbocycles. The van der Waals surface area contributed by atoms with Gasteiger partial charge in [-0.1, -0.05) is 6.07 Å². The van der Waals surface area contributed by atoms with Gasteiger partial charge in [0.05, 0.1) is 18.2 Å². The van der Waals surface area contributed by atoms with Gasteiger partial charge >= 0.3 is 12.1 Å². The SMILES string of the molecule is C[C@H]1COc2cc(C(=O)O)ccc2CN1C(=O)O. The lowest BCUT2D eigenvalue weighted by Gasteiger charge is -2.22. The molecule has 0 unspecified atom stereocenters. The Balaban J connectivity index is 2.36. The summed E-state index contributed by atoms with van der Waals surface area (Å²) in [6.45, 7) is 2.16. The molecule has 1 aliphatic rings. The summed E-state index contributed by atoms with van der Waals surface area (Å²) in [5.41, 5.74) is 0.803. The van der Waals surface area contributed by atoms with Crippen molar-refractivity contribution in [3.8, 4) is 5.75 Å². The maximum atomic E-state index is 11.1. The molecule has 0 fully saturated rings. The van der Waals surface area contributed by atoms with Crippen LogP contribution in [0.5, 0.6) is 5.75 Å². The van der Waals surface area contributed by atoms with Crippen LogP contribution in [0.25, 0.3) is 0 Å². The Bertz CT molecular complexity index is 499. The van der Waals surface area contributed by atoms with Crippen LogP contribution in [-0.2, 0) is 6.54 Å². The van der Waals surface area contributed by atoms with E-state index in [-0.39, 0.29) is 24.8 Å². The first-order valence-corrected chi connectivity index (χ1v) is 5.47. The van der Waals surface area contributed by atoms with E-state index in [0.29, 0.717) is 11.3 Å². The van der Waals surface area contributed by atoms with Crippen LogP contribution in [0.2, 0.25) is 0 Å². The Hall–Kier alpha value is -2.24. The molecule has 0 spiro atoms. The van der Waals surface area contributed by atoms with Crippen molar-refractivity contribution in [2.24, 2.45) is 0 Å². The molecule has 1 aromatic rings. The Labute approximate surface area is 103 Å². The Morgan fingerprint density at radius 2 is 2.11 bits per heavy atom. The van der Waals surface area contributed by atoms with Crippen molar-refractivity contribution in [3.05, 3.63) is 29.3 Å². The number of fused-ring (bicyclic) bond motifs is 1. The van der Waals surface area contributed by atoms with E-state index < -0.39 is 12.1 Å². The van der Waals surface area contributed by atoms with Crippen molar-refractivity contribution >= 4 is 12.1 Å². The maximum Gasteiger partial charge on any atom is 0.407 e. The van der Waals surface area contributed by atoms with Crippen molar-refractivity contribution in [1.29, 1.82) is 0 Å². The monoisotopic (exact) mass is 251 g/mol. The third-order valence-corrected chi connectivity index (χ3v) is 2.91. The Kier molecular flexibility index (Phi) is 3.10. The zero-order valence-corrected chi connectivity index (χ0v) is 9.79. The number of hydrogen-bond acceptors (Lipinski definition) is 3. The smallest absolute Gasteiger partial charge is 0.407 e. The number of rotatable bonds is 1. The largest absolute Gasteiger partial charge is 0.491 e. The van der Waals surface area contributed by atoms with E-state index in [9.17, 15) is 9.59 Å². The average molecular weight is 251 g/mol. The molecule has 1 atom stereocenters. The van der Waals surface area contributed by atoms with Gasteiger partial charge in [0.2, 0.25) is 0 Å². The molecule has 0 aromatic heterocycles. The molecule has 96 valence electrons. The highest BCUT2D eigenvalue weighted by atomic mass is 16.5.